The van der Waals surface area contributed by atoms with Crippen LogP contribution >= 0.6 is 11.6 Å². The molecule has 0 unspecified atom stereocenters. The lowest BCUT2D eigenvalue weighted by atomic mass is 10.2. The van der Waals surface area contributed by atoms with E-state index in [4.69, 9.17) is 16.3 Å². The van der Waals surface area contributed by atoms with E-state index < -0.39 is 34.3 Å². The molecule has 0 saturated carbocycles. The van der Waals surface area contributed by atoms with Crippen LogP contribution in [0.2, 0.25) is 5.02 Å². The van der Waals surface area contributed by atoms with Gasteiger partial charge in [-0.1, -0.05) is 54.1 Å². The van der Waals surface area contributed by atoms with Gasteiger partial charge < -0.3 is 10.1 Å². The number of carbonyl (C=O) groups excluding carboxylic acids is 2. The maximum Gasteiger partial charge on any atom is 0.338 e. The van der Waals surface area contributed by atoms with Crippen LogP contribution in [-0.2, 0) is 32.6 Å². The van der Waals surface area contributed by atoms with Crippen molar-refractivity contribution >= 4 is 33.5 Å². The lowest BCUT2D eigenvalue weighted by Crippen LogP contribution is -2.28. The van der Waals surface area contributed by atoms with E-state index in [2.05, 4.69) is 10.0 Å². The lowest BCUT2D eigenvalue weighted by Gasteiger charge is -2.11. The molecule has 2 N–H and O–H groups in total. The van der Waals surface area contributed by atoms with Crippen molar-refractivity contribution in [3.63, 3.8) is 0 Å². The second kappa shape index (κ2) is 11.0. The number of amides is 1. The van der Waals surface area contributed by atoms with Crippen LogP contribution in [0.25, 0.3) is 0 Å². The molecule has 0 radical (unpaired) electrons. The summed E-state index contributed by atoms with van der Waals surface area (Å²) in [7, 11) is -4.01. The van der Waals surface area contributed by atoms with Crippen LogP contribution in [0.3, 0.4) is 0 Å². The topological polar surface area (TPSA) is 102 Å². The van der Waals surface area contributed by atoms with Gasteiger partial charge in [-0.2, -0.15) is 0 Å². The zero-order chi connectivity index (χ0) is 23.8. The normalized spacial score (nSPS) is 11.1. The quantitative estimate of drug-likeness (QED) is 0.447. The van der Waals surface area contributed by atoms with Gasteiger partial charge in [-0.05, 0) is 41.5 Å². The number of nitrogens with one attached hydrogen (secondary N) is 2. The monoisotopic (exact) mass is 490 g/mol. The number of rotatable bonds is 9. The van der Waals surface area contributed by atoms with Gasteiger partial charge in [0.15, 0.2) is 6.61 Å². The third-order valence-corrected chi connectivity index (χ3v) is 6.39. The molecular formula is C23H20ClFN2O5S. The molecule has 3 aromatic rings. The summed E-state index contributed by atoms with van der Waals surface area (Å²) in [5, 5.41) is 2.47. The van der Waals surface area contributed by atoms with Gasteiger partial charge in [0.25, 0.3) is 5.91 Å². The van der Waals surface area contributed by atoms with E-state index >= 15 is 0 Å². The molecule has 172 valence electrons. The van der Waals surface area contributed by atoms with Crippen molar-refractivity contribution in [1.29, 1.82) is 0 Å². The Labute approximate surface area is 195 Å². The summed E-state index contributed by atoms with van der Waals surface area (Å²) in [6.07, 6.45) is 0. The predicted octanol–water partition coefficient (Wildman–Crippen LogP) is 3.43. The van der Waals surface area contributed by atoms with Gasteiger partial charge in [0.2, 0.25) is 10.0 Å². The second-order valence-electron chi connectivity index (χ2n) is 6.93. The minimum atomic E-state index is -4.01. The molecule has 0 saturated heterocycles. The maximum absolute atomic E-state index is 12.9. The van der Waals surface area contributed by atoms with Crippen LogP contribution in [0.5, 0.6) is 0 Å². The van der Waals surface area contributed by atoms with Crippen LogP contribution < -0.4 is 10.0 Å². The molecule has 0 aromatic heterocycles. The maximum atomic E-state index is 12.9. The Kier molecular flexibility index (Phi) is 8.16. The molecule has 3 rings (SSSR count). The van der Waals surface area contributed by atoms with Crippen molar-refractivity contribution in [2.75, 3.05) is 6.61 Å². The van der Waals surface area contributed by atoms with Gasteiger partial charge in [-0.3, -0.25) is 4.79 Å². The number of halogens is 2. The summed E-state index contributed by atoms with van der Waals surface area (Å²) in [5.41, 5.74) is 1.34. The second-order valence-corrected chi connectivity index (χ2v) is 9.08. The average molecular weight is 491 g/mol. The van der Waals surface area contributed by atoms with Crippen molar-refractivity contribution in [1.82, 2.24) is 10.0 Å². The smallest absolute Gasteiger partial charge is 0.338 e. The summed E-state index contributed by atoms with van der Waals surface area (Å²) >= 11 is 6.05. The standard InChI is InChI=1S/C23H20ClFN2O5S/c24-20-11-8-18(12-21(20)33(30,31)27-14-16-4-2-1-3-5-16)23(29)32-15-22(28)26-13-17-6-9-19(25)10-7-17/h1-12,27H,13-15H2,(H,26,28). The highest BCUT2D eigenvalue weighted by Crippen LogP contribution is 2.23. The average Bonchev–Trinajstić information content (AvgIpc) is 2.81. The molecule has 3 aromatic carbocycles. The molecule has 0 atom stereocenters. The van der Waals surface area contributed by atoms with E-state index in [9.17, 15) is 22.4 Å². The Bertz CT molecular complexity index is 1240. The highest BCUT2D eigenvalue weighted by Gasteiger charge is 2.21. The van der Waals surface area contributed by atoms with Crippen LogP contribution in [0.4, 0.5) is 4.39 Å². The summed E-state index contributed by atoms with van der Waals surface area (Å²) in [6, 6.07) is 18.1. The van der Waals surface area contributed by atoms with E-state index in [1.54, 1.807) is 24.3 Å². The summed E-state index contributed by atoms with van der Waals surface area (Å²) < 4.78 is 45.7. The highest BCUT2D eigenvalue weighted by molar-refractivity contribution is 7.89. The zero-order valence-electron chi connectivity index (χ0n) is 17.3. The first-order valence-electron chi connectivity index (χ1n) is 9.76. The van der Waals surface area contributed by atoms with Crippen molar-refractivity contribution in [3.05, 3.63) is 100 Å². The lowest BCUT2D eigenvalue weighted by molar-refractivity contribution is -0.124. The number of carbonyl (C=O) groups is 2. The fraction of sp³-hybridized carbons (Fsp3) is 0.130. The molecule has 10 heteroatoms. The van der Waals surface area contributed by atoms with Crippen molar-refractivity contribution in [3.8, 4) is 0 Å². The first kappa shape index (κ1) is 24.4. The molecule has 0 aliphatic carbocycles. The van der Waals surface area contributed by atoms with Crippen LogP contribution in [0, 0.1) is 5.82 Å². The van der Waals surface area contributed by atoms with Gasteiger partial charge in [0.1, 0.15) is 10.7 Å². The Morgan fingerprint density at radius 3 is 2.27 bits per heavy atom. The molecule has 0 heterocycles. The van der Waals surface area contributed by atoms with E-state index in [1.165, 1.54) is 36.4 Å². The first-order valence-corrected chi connectivity index (χ1v) is 11.6. The molecule has 33 heavy (non-hydrogen) atoms. The molecule has 0 bridgehead atoms. The largest absolute Gasteiger partial charge is 0.452 e. The molecule has 0 aliphatic rings. The minimum Gasteiger partial charge on any atom is -0.452 e. The molecule has 7 nitrogen and oxygen atoms in total. The molecule has 1 amide bonds. The number of ether oxygens (including phenoxy) is 1. The Hall–Kier alpha value is -3.27. The SMILES string of the molecule is O=C(COC(=O)c1ccc(Cl)c(S(=O)(=O)NCc2ccccc2)c1)NCc1ccc(F)cc1. The molecule has 0 spiro atoms. The number of hydrogen-bond acceptors (Lipinski definition) is 5. The summed E-state index contributed by atoms with van der Waals surface area (Å²) in [6.45, 7) is -0.396. The van der Waals surface area contributed by atoms with Crippen LogP contribution in [0.15, 0.2) is 77.7 Å². The summed E-state index contributed by atoms with van der Waals surface area (Å²) in [4.78, 5) is 24.0. The van der Waals surface area contributed by atoms with E-state index in [0.717, 1.165) is 11.6 Å². The number of esters is 1. The third-order valence-electron chi connectivity index (χ3n) is 4.50. The van der Waals surface area contributed by atoms with E-state index in [1.807, 2.05) is 6.07 Å². The van der Waals surface area contributed by atoms with E-state index in [0.29, 0.717) is 5.56 Å². The van der Waals surface area contributed by atoms with Gasteiger partial charge >= 0.3 is 5.97 Å². The van der Waals surface area contributed by atoms with E-state index in [-0.39, 0.29) is 28.6 Å². The van der Waals surface area contributed by atoms with Gasteiger partial charge in [0, 0.05) is 13.1 Å². The van der Waals surface area contributed by atoms with Crippen molar-refractivity contribution in [2.45, 2.75) is 18.0 Å². The summed E-state index contributed by atoms with van der Waals surface area (Å²) in [5.74, 6) is -1.85. The fourth-order valence-electron chi connectivity index (χ4n) is 2.76. The first-order chi connectivity index (χ1) is 15.7. The Balaban J connectivity index is 1.58. The Morgan fingerprint density at radius 1 is 0.909 bits per heavy atom. The molecule has 0 aliphatic heterocycles. The Morgan fingerprint density at radius 2 is 1.58 bits per heavy atom. The highest BCUT2D eigenvalue weighted by atomic mass is 35.5. The van der Waals surface area contributed by atoms with Crippen molar-refractivity contribution in [2.24, 2.45) is 0 Å². The third kappa shape index (κ3) is 7.11. The minimum absolute atomic E-state index is 0.0441. The van der Waals surface area contributed by atoms with Crippen LogP contribution in [0.1, 0.15) is 21.5 Å². The predicted molar refractivity (Wildman–Crippen MR) is 120 cm³/mol. The van der Waals surface area contributed by atoms with Gasteiger partial charge in [-0.25, -0.2) is 22.3 Å². The van der Waals surface area contributed by atoms with Gasteiger partial charge in [0.05, 0.1) is 10.6 Å². The number of hydrogen-bond donors (Lipinski definition) is 2. The number of sulfonamides is 1. The molecular weight excluding hydrogens is 471 g/mol. The van der Waals surface area contributed by atoms with Gasteiger partial charge in [-0.15, -0.1) is 0 Å². The number of benzene rings is 3. The molecule has 0 fully saturated rings. The van der Waals surface area contributed by atoms with Crippen molar-refractivity contribution < 1.29 is 27.1 Å². The van der Waals surface area contributed by atoms with Crippen LogP contribution in [-0.4, -0.2) is 26.9 Å². The zero-order valence-corrected chi connectivity index (χ0v) is 18.8. The fourth-order valence-corrected chi connectivity index (χ4v) is 4.30.